The van der Waals surface area contributed by atoms with Gasteiger partial charge in [0.25, 0.3) is 0 Å². The van der Waals surface area contributed by atoms with E-state index in [1.54, 1.807) is 6.20 Å². The number of nitrogens with one attached hydrogen (secondary N) is 2. The predicted octanol–water partition coefficient (Wildman–Crippen LogP) is 2.16. The van der Waals surface area contributed by atoms with Crippen molar-refractivity contribution in [3.8, 4) is 0 Å². The Labute approximate surface area is 160 Å². The number of hydrogen-bond donors (Lipinski definition) is 2. The van der Waals surface area contributed by atoms with Gasteiger partial charge in [-0.05, 0) is 43.5 Å². The lowest BCUT2D eigenvalue weighted by Crippen LogP contribution is -2.38. The second-order valence-electron chi connectivity index (χ2n) is 6.56. The van der Waals surface area contributed by atoms with Gasteiger partial charge in [0, 0.05) is 50.7 Å². The number of guanidine groups is 1. The molecule has 0 bridgehead atoms. The van der Waals surface area contributed by atoms with Crippen LogP contribution >= 0.6 is 0 Å². The van der Waals surface area contributed by atoms with Crippen LogP contribution < -0.4 is 15.5 Å². The van der Waals surface area contributed by atoms with Gasteiger partial charge in [0.2, 0.25) is 5.91 Å². The summed E-state index contributed by atoms with van der Waals surface area (Å²) in [6.07, 6.45) is 6.35. The van der Waals surface area contributed by atoms with E-state index >= 15 is 0 Å². The molecule has 0 atom stereocenters. The van der Waals surface area contributed by atoms with Crippen LogP contribution in [0, 0.1) is 0 Å². The molecular weight excluding hydrogens is 340 g/mol. The number of carbonyl (C=O) groups excluding carboxylic acids is 1. The molecule has 2 N–H and O–H groups in total. The highest BCUT2D eigenvalue weighted by molar-refractivity contribution is 5.95. The number of hydrogen-bond acceptors (Lipinski definition) is 3. The Hall–Kier alpha value is -2.83. The Morgan fingerprint density at radius 3 is 2.78 bits per heavy atom. The van der Waals surface area contributed by atoms with Crippen molar-refractivity contribution in [2.75, 3.05) is 24.5 Å². The summed E-state index contributed by atoms with van der Waals surface area (Å²) < 4.78 is 1.93. The van der Waals surface area contributed by atoms with E-state index in [1.807, 2.05) is 46.1 Å². The fourth-order valence-electron chi connectivity index (χ4n) is 3.10. The van der Waals surface area contributed by atoms with Gasteiger partial charge in [0.1, 0.15) is 0 Å². The second kappa shape index (κ2) is 9.75. The molecule has 1 amide bonds. The van der Waals surface area contributed by atoms with Crippen molar-refractivity contribution in [3.05, 3.63) is 48.3 Å². The Bertz CT molecular complexity index is 738. The molecule has 2 aromatic rings. The lowest BCUT2D eigenvalue weighted by Gasteiger charge is -2.16. The maximum Gasteiger partial charge on any atom is 0.227 e. The Balaban J connectivity index is 1.49. The predicted molar refractivity (Wildman–Crippen MR) is 108 cm³/mol. The minimum absolute atomic E-state index is 0.217. The van der Waals surface area contributed by atoms with Crippen LogP contribution in [-0.4, -0.2) is 41.3 Å². The molecule has 0 aliphatic carbocycles. The fraction of sp³-hybridized carbons (Fsp3) is 0.450. The summed E-state index contributed by atoms with van der Waals surface area (Å²) in [7, 11) is 0. The molecule has 0 unspecified atom stereocenters. The van der Waals surface area contributed by atoms with Crippen molar-refractivity contribution in [1.82, 2.24) is 20.4 Å². The van der Waals surface area contributed by atoms with Crippen molar-refractivity contribution < 1.29 is 4.79 Å². The van der Waals surface area contributed by atoms with Crippen LogP contribution in [0.1, 0.15) is 31.7 Å². The van der Waals surface area contributed by atoms with Crippen LogP contribution in [0.5, 0.6) is 0 Å². The number of benzene rings is 1. The van der Waals surface area contributed by atoms with Crippen molar-refractivity contribution in [1.29, 1.82) is 0 Å². The molecule has 1 saturated heterocycles. The number of aryl methyl sites for hydroxylation is 1. The van der Waals surface area contributed by atoms with E-state index in [-0.39, 0.29) is 5.91 Å². The Morgan fingerprint density at radius 2 is 2.11 bits per heavy atom. The van der Waals surface area contributed by atoms with E-state index in [0.29, 0.717) is 13.0 Å². The zero-order valence-corrected chi connectivity index (χ0v) is 15.9. The van der Waals surface area contributed by atoms with Crippen LogP contribution in [0.2, 0.25) is 0 Å². The summed E-state index contributed by atoms with van der Waals surface area (Å²) in [5.41, 5.74) is 2.10. The molecule has 2 heterocycles. The maximum absolute atomic E-state index is 11.8. The first-order chi connectivity index (χ1) is 13.3. The normalized spacial score (nSPS) is 14.6. The average Bonchev–Trinajstić information content (AvgIpc) is 3.35. The number of rotatable bonds is 8. The highest BCUT2D eigenvalue weighted by atomic mass is 16.2. The minimum Gasteiger partial charge on any atom is -0.357 e. The van der Waals surface area contributed by atoms with Gasteiger partial charge >= 0.3 is 0 Å². The lowest BCUT2D eigenvalue weighted by atomic mass is 10.2. The number of aromatic nitrogens is 2. The zero-order chi connectivity index (χ0) is 18.9. The molecule has 1 fully saturated rings. The Morgan fingerprint density at radius 1 is 1.26 bits per heavy atom. The summed E-state index contributed by atoms with van der Waals surface area (Å²) in [5, 5.41) is 10.8. The van der Waals surface area contributed by atoms with Gasteiger partial charge in [0.05, 0.1) is 6.54 Å². The zero-order valence-electron chi connectivity index (χ0n) is 15.9. The van der Waals surface area contributed by atoms with Crippen molar-refractivity contribution in [3.63, 3.8) is 0 Å². The summed E-state index contributed by atoms with van der Waals surface area (Å²) in [5.74, 6) is 1.03. The van der Waals surface area contributed by atoms with Crippen LogP contribution in [0.15, 0.2) is 47.7 Å². The van der Waals surface area contributed by atoms with Crippen LogP contribution in [0.3, 0.4) is 0 Å². The maximum atomic E-state index is 11.8. The van der Waals surface area contributed by atoms with Crippen LogP contribution in [0.25, 0.3) is 0 Å². The molecule has 7 nitrogen and oxygen atoms in total. The van der Waals surface area contributed by atoms with E-state index in [0.717, 1.165) is 56.2 Å². The molecule has 144 valence electrons. The molecule has 3 rings (SSSR count). The minimum atomic E-state index is 0.217. The van der Waals surface area contributed by atoms with Gasteiger partial charge in [-0.2, -0.15) is 5.10 Å². The highest BCUT2D eigenvalue weighted by Crippen LogP contribution is 2.21. The van der Waals surface area contributed by atoms with Crippen LogP contribution in [0.4, 0.5) is 5.69 Å². The molecule has 1 aromatic heterocycles. The molecule has 1 aliphatic heterocycles. The van der Waals surface area contributed by atoms with E-state index in [9.17, 15) is 4.79 Å². The standard InChI is InChI=1S/C20H28N6O/c1-2-21-20(22-11-4-13-25-14-5-12-24-25)23-16-17-7-9-18(10-8-17)26-15-3-6-19(26)27/h5,7-10,12,14H,2-4,6,11,13,15-16H2,1H3,(H2,21,22,23). The summed E-state index contributed by atoms with van der Waals surface area (Å²) in [6, 6.07) is 10.1. The highest BCUT2D eigenvalue weighted by Gasteiger charge is 2.21. The molecule has 0 spiro atoms. The number of anilines is 1. The molecule has 27 heavy (non-hydrogen) atoms. The summed E-state index contributed by atoms with van der Waals surface area (Å²) in [6.45, 7) is 6.02. The molecule has 1 aliphatic rings. The average molecular weight is 368 g/mol. The Kier molecular flexibility index (Phi) is 6.84. The number of carbonyl (C=O) groups is 1. The second-order valence-corrected chi connectivity index (χ2v) is 6.56. The van der Waals surface area contributed by atoms with Gasteiger partial charge in [-0.1, -0.05) is 12.1 Å². The lowest BCUT2D eigenvalue weighted by molar-refractivity contribution is -0.117. The summed E-state index contributed by atoms with van der Waals surface area (Å²) >= 11 is 0. The van der Waals surface area contributed by atoms with Gasteiger partial charge in [-0.3, -0.25) is 9.48 Å². The van der Waals surface area contributed by atoms with Gasteiger partial charge in [-0.25, -0.2) is 4.99 Å². The number of aliphatic imine (C=N–C) groups is 1. The SMILES string of the molecule is CCNC(=NCc1ccc(N2CCCC2=O)cc1)NCCCn1cccn1. The first kappa shape index (κ1) is 18.9. The molecule has 7 heteroatoms. The molecular formula is C20H28N6O. The molecule has 1 aromatic carbocycles. The number of nitrogens with zero attached hydrogens (tertiary/aromatic N) is 4. The van der Waals surface area contributed by atoms with Gasteiger partial charge in [0.15, 0.2) is 5.96 Å². The quantitative estimate of drug-likeness (QED) is 0.425. The summed E-state index contributed by atoms with van der Waals surface area (Å²) in [4.78, 5) is 18.3. The fourth-order valence-corrected chi connectivity index (χ4v) is 3.10. The monoisotopic (exact) mass is 368 g/mol. The van der Waals surface area contributed by atoms with Gasteiger partial charge < -0.3 is 15.5 Å². The van der Waals surface area contributed by atoms with Crippen molar-refractivity contribution >= 4 is 17.6 Å². The van der Waals surface area contributed by atoms with Crippen molar-refractivity contribution in [2.45, 2.75) is 39.3 Å². The molecule has 0 radical (unpaired) electrons. The first-order valence-electron chi connectivity index (χ1n) is 9.65. The third kappa shape index (κ3) is 5.57. The third-order valence-electron chi connectivity index (χ3n) is 4.50. The van der Waals surface area contributed by atoms with E-state index in [2.05, 4.69) is 27.6 Å². The first-order valence-corrected chi connectivity index (χ1v) is 9.65. The van der Waals surface area contributed by atoms with E-state index in [1.165, 1.54) is 0 Å². The smallest absolute Gasteiger partial charge is 0.227 e. The van der Waals surface area contributed by atoms with E-state index in [4.69, 9.17) is 0 Å². The van der Waals surface area contributed by atoms with Crippen LogP contribution in [-0.2, 0) is 17.9 Å². The van der Waals surface area contributed by atoms with E-state index < -0.39 is 0 Å². The van der Waals surface area contributed by atoms with Gasteiger partial charge in [-0.15, -0.1) is 0 Å². The molecule has 0 saturated carbocycles. The third-order valence-corrected chi connectivity index (χ3v) is 4.50. The number of amides is 1. The van der Waals surface area contributed by atoms with Crippen molar-refractivity contribution in [2.24, 2.45) is 4.99 Å². The largest absolute Gasteiger partial charge is 0.357 e. The topological polar surface area (TPSA) is 74.6 Å².